The third-order valence-corrected chi connectivity index (χ3v) is 3.85. The zero-order valence-electron chi connectivity index (χ0n) is 12.5. The van der Waals surface area contributed by atoms with Crippen LogP contribution in [-0.2, 0) is 11.3 Å². The monoisotopic (exact) mass is 280 g/mol. The van der Waals surface area contributed by atoms with Crippen molar-refractivity contribution in [1.29, 1.82) is 0 Å². The number of nitrogens with zero attached hydrogens (tertiary/aromatic N) is 2. The molecule has 0 aromatic carbocycles. The van der Waals surface area contributed by atoms with Gasteiger partial charge in [-0.3, -0.25) is 9.48 Å². The van der Waals surface area contributed by atoms with Crippen molar-refractivity contribution in [3.05, 3.63) is 11.9 Å². The normalized spacial score (nSPS) is 22.6. The quantitative estimate of drug-likeness (QED) is 0.840. The first-order valence-corrected chi connectivity index (χ1v) is 7.25. The van der Waals surface area contributed by atoms with Crippen molar-refractivity contribution in [3.63, 3.8) is 0 Å². The fourth-order valence-corrected chi connectivity index (χ4v) is 2.88. The van der Waals surface area contributed by atoms with E-state index < -0.39 is 0 Å². The molecule has 1 aromatic rings. The molecule has 1 aliphatic rings. The van der Waals surface area contributed by atoms with Gasteiger partial charge in [0, 0.05) is 19.5 Å². The predicted octanol–water partition coefficient (Wildman–Crippen LogP) is 0.883. The molecule has 2 heterocycles. The summed E-state index contributed by atoms with van der Waals surface area (Å²) < 4.78 is 7.47. The number of ether oxygens (including phenoxy) is 1. The second kappa shape index (κ2) is 6.74. The van der Waals surface area contributed by atoms with Crippen LogP contribution in [0.1, 0.15) is 37.8 Å². The van der Waals surface area contributed by atoms with Crippen LogP contribution in [0, 0.1) is 0 Å². The van der Waals surface area contributed by atoms with E-state index in [2.05, 4.69) is 22.7 Å². The van der Waals surface area contributed by atoms with Crippen LogP contribution in [0.2, 0.25) is 0 Å². The van der Waals surface area contributed by atoms with Crippen LogP contribution in [0.25, 0.3) is 0 Å². The van der Waals surface area contributed by atoms with Crippen LogP contribution in [0.15, 0.2) is 6.20 Å². The Morgan fingerprint density at radius 3 is 3.10 bits per heavy atom. The molecule has 1 amide bonds. The Labute approximate surface area is 119 Å². The second-order valence-corrected chi connectivity index (χ2v) is 5.16. The topological polar surface area (TPSA) is 68.2 Å². The number of nitrogens with one attached hydrogen (secondary N) is 2. The van der Waals surface area contributed by atoms with Crippen molar-refractivity contribution in [2.75, 3.05) is 20.7 Å². The molecule has 2 rings (SSSR count). The molecule has 1 fully saturated rings. The van der Waals surface area contributed by atoms with Crippen LogP contribution in [0.3, 0.4) is 0 Å². The fraction of sp³-hybridized carbons (Fsp3) is 0.714. The summed E-state index contributed by atoms with van der Waals surface area (Å²) in [5.41, 5.74) is 1.13. The average Bonchev–Trinajstić information content (AvgIpc) is 2.89. The molecule has 0 spiro atoms. The van der Waals surface area contributed by atoms with E-state index in [1.807, 2.05) is 4.68 Å². The minimum Gasteiger partial charge on any atom is -0.493 e. The highest BCUT2D eigenvalue weighted by molar-refractivity contribution is 5.81. The number of rotatable bonds is 5. The number of hydrogen-bond donors (Lipinski definition) is 2. The number of carbonyl (C=O) groups excluding carboxylic acids is 1. The number of amides is 1. The lowest BCUT2D eigenvalue weighted by Gasteiger charge is -2.30. The lowest BCUT2D eigenvalue weighted by molar-refractivity contribution is -0.123. The van der Waals surface area contributed by atoms with Crippen LogP contribution in [0.5, 0.6) is 5.75 Å². The van der Waals surface area contributed by atoms with E-state index in [0.717, 1.165) is 43.8 Å². The molecule has 20 heavy (non-hydrogen) atoms. The van der Waals surface area contributed by atoms with E-state index in [9.17, 15) is 4.79 Å². The van der Waals surface area contributed by atoms with Gasteiger partial charge in [0.2, 0.25) is 5.91 Å². The van der Waals surface area contributed by atoms with Gasteiger partial charge in [-0.15, -0.1) is 0 Å². The molecule has 0 saturated carbocycles. The van der Waals surface area contributed by atoms with E-state index in [4.69, 9.17) is 4.74 Å². The Morgan fingerprint density at radius 2 is 2.45 bits per heavy atom. The summed E-state index contributed by atoms with van der Waals surface area (Å²) in [6, 6.07) is -0.131. The van der Waals surface area contributed by atoms with Crippen molar-refractivity contribution in [1.82, 2.24) is 20.4 Å². The summed E-state index contributed by atoms with van der Waals surface area (Å²) in [6.45, 7) is 3.85. The summed E-state index contributed by atoms with van der Waals surface area (Å²) in [6.07, 6.45) is 4.59. The zero-order valence-corrected chi connectivity index (χ0v) is 12.5. The lowest BCUT2D eigenvalue weighted by atomic mass is 9.89. The molecule has 0 radical (unpaired) electrons. The molecule has 112 valence electrons. The lowest BCUT2D eigenvalue weighted by Crippen LogP contribution is -2.47. The third kappa shape index (κ3) is 2.95. The van der Waals surface area contributed by atoms with Gasteiger partial charge in [-0.25, -0.2) is 0 Å². The first-order valence-electron chi connectivity index (χ1n) is 7.25. The molecule has 2 unspecified atom stereocenters. The van der Waals surface area contributed by atoms with Gasteiger partial charge in [0.05, 0.1) is 25.0 Å². The highest BCUT2D eigenvalue weighted by Gasteiger charge is 2.31. The highest BCUT2D eigenvalue weighted by Crippen LogP contribution is 2.34. The van der Waals surface area contributed by atoms with Crippen LogP contribution < -0.4 is 15.4 Å². The van der Waals surface area contributed by atoms with E-state index in [1.165, 1.54) is 0 Å². The van der Waals surface area contributed by atoms with Gasteiger partial charge >= 0.3 is 0 Å². The molecule has 1 aliphatic heterocycles. The van der Waals surface area contributed by atoms with Gasteiger partial charge in [0.15, 0.2) is 5.75 Å². The van der Waals surface area contributed by atoms with Gasteiger partial charge in [-0.2, -0.15) is 5.10 Å². The SMILES string of the molecule is CCCn1ncc(OC)c1C1CCNC(C(=O)NC)C1. The smallest absolute Gasteiger partial charge is 0.236 e. The van der Waals surface area contributed by atoms with Gasteiger partial charge in [0.1, 0.15) is 0 Å². The molecule has 6 heteroatoms. The van der Waals surface area contributed by atoms with E-state index >= 15 is 0 Å². The minimum absolute atomic E-state index is 0.0511. The third-order valence-electron chi connectivity index (χ3n) is 3.85. The minimum atomic E-state index is -0.131. The Hall–Kier alpha value is -1.56. The van der Waals surface area contributed by atoms with Gasteiger partial charge in [-0.05, 0) is 25.8 Å². The first-order chi connectivity index (χ1) is 9.71. The molecule has 0 bridgehead atoms. The summed E-state index contributed by atoms with van der Waals surface area (Å²) in [5.74, 6) is 1.19. The molecular formula is C14H24N4O2. The summed E-state index contributed by atoms with van der Waals surface area (Å²) in [5, 5.41) is 10.4. The summed E-state index contributed by atoms with van der Waals surface area (Å²) >= 11 is 0. The maximum Gasteiger partial charge on any atom is 0.236 e. The van der Waals surface area contributed by atoms with Crippen molar-refractivity contribution in [2.24, 2.45) is 0 Å². The first kappa shape index (κ1) is 14.8. The van der Waals surface area contributed by atoms with Gasteiger partial charge in [-0.1, -0.05) is 6.92 Å². The number of methoxy groups -OCH3 is 1. The molecule has 2 N–H and O–H groups in total. The molecular weight excluding hydrogens is 256 g/mol. The Morgan fingerprint density at radius 1 is 1.65 bits per heavy atom. The molecule has 0 aliphatic carbocycles. The standard InChI is InChI=1S/C14H24N4O2/c1-4-7-18-13(12(20-3)9-17-18)10-5-6-16-11(8-10)14(19)15-2/h9-11,16H,4-8H2,1-3H3,(H,15,19). The number of piperidine rings is 1. The molecule has 2 atom stereocenters. The Kier molecular flexibility index (Phi) is 5.00. The number of hydrogen-bond acceptors (Lipinski definition) is 4. The van der Waals surface area contributed by atoms with Crippen LogP contribution in [-0.4, -0.2) is 42.4 Å². The predicted molar refractivity (Wildman–Crippen MR) is 76.9 cm³/mol. The molecule has 1 saturated heterocycles. The van der Waals surface area contributed by atoms with E-state index in [-0.39, 0.29) is 11.9 Å². The second-order valence-electron chi connectivity index (χ2n) is 5.16. The molecule has 1 aromatic heterocycles. The highest BCUT2D eigenvalue weighted by atomic mass is 16.5. The van der Waals surface area contributed by atoms with Crippen molar-refractivity contribution in [2.45, 2.75) is 44.7 Å². The van der Waals surface area contributed by atoms with Crippen molar-refractivity contribution in [3.8, 4) is 5.75 Å². The average molecular weight is 280 g/mol. The van der Waals surface area contributed by atoms with Gasteiger partial charge in [0.25, 0.3) is 0 Å². The van der Waals surface area contributed by atoms with Crippen molar-refractivity contribution < 1.29 is 9.53 Å². The Bertz CT molecular complexity index is 458. The largest absolute Gasteiger partial charge is 0.493 e. The maximum absolute atomic E-state index is 11.8. The Balaban J connectivity index is 2.21. The maximum atomic E-state index is 11.8. The fourth-order valence-electron chi connectivity index (χ4n) is 2.88. The number of aryl methyl sites for hydroxylation is 1. The van der Waals surface area contributed by atoms with E-state index in [0.29, 0.717) is 5.92 Å². The number of aromatic nitrogens is 2. The summed E-state index contributed by atoms with van der Waals surface area (Å²) in [4.78, 5) is 11.8. The van der Waals surface area contributed by atoms with Crippen LogP contribution in [0.4, 0.5) is 0 Å². The van der Waals surface area contributed by atoms with Gasteiger partial charge < -0.3 is 15.4 Å². The van der Waals surface area contributed by atoms with Crippen LogP contribution >= 0.6 is 0 Å². The van der Waals surface area contributed by atoms with E-state index in [1.54, 1.807) is 20.4 Å². The molecule has 6 nitrogen and oxygen atoms in total. The zero-order chi connectivity index (χ0) is 14.5. The number of likely N-dealkylation sites (N-methyl/N-ethyl adjacent to an activating group) is 1. The number of carbonyl (C=O) groups is 1. The summed E-state index contributed by atoms with van der Waals surface area (Å²) in [7, 11) is 3.35. The van der Waals surface area contributed by atoms with Crippen molar-refractivity contribution >= 4 is 5.91 Å².